The first kappa shape index (κ1) is 13.4. The zero-order valence-electron chi connectivity index (χ0n) is 11.2. The van der Waals surface area contributed by atoms with Gasteiger partial charge in [-0.15, -0.1) is 0 Å². The molecule has 1 heterocycles. The third-order valence-corrected chi connectivity index (χ3v) is 5.23. The molecule has 0 radical (unpaired) electrons. The fourth-order valence-electron chi connectivity index (χ4n) is 3.59. The molecule has 1 aliphatic carbocycles. The monoisotopic (exact) mass is 327 g/mol. The second kappa shape index (κ2) is 4.74. The van der Waals surface area contributed by atoms with Gasteiger partial charge in [0.05, 0.1) is 6.10 Å². The molecule has 2 fully saturated rings. The van der Waals surface area contributed by atoms with E-state index in [-0.39, 0.29) is 11.2 Å². The molecule has 0 bridgehead atoms. The van der Waals surface area contributed by atoms with Crippen molar-refractivity contribution in [2.45, 2.75) is 38.8 Å². The molecule has 19 heavy (non-hydrogen) atoms. The van der Waals surface area contributed by atoms with E-state index < -0.39 is 0 Å². The van der Waals surface area contributed by atoms with Crippen LogP contribution in [-0.2, 0) is 4.74 Å². The largest absolute Gasteiger partial charge is 0.380 e. The number of halogens is 2. The van der Waals surface area contributed by atoms with Gasteiger partial charge in [0.1, 0.15) is 5.82 Å². The molecular weight excluding hydrogens is 309 g/mol. The van der Waals surface area contributed by atoms with E-state index in [9.17, 15) is 4.39 Å². The molecule has 1 aliphatic heterocycles. The zero-order chi connectivity index (χ0) is 13.6. The van der Waals surface area contributed by atoms with Crippen LogP contribution in [0.5, 0.6) is 0 Å². The van der Waals surface area contributed by atoms with E-state index in [0.29, 0.717) is 18.1 Å². The van der Waals surface area contributed by atoms with Gasteiger partial charge in [-0.3, -0.25) is 0 Å². The van der Waals surface area contributed by atoms with Crippen molar-refractivity contribution in [2.75, 3.05) is 11.9 Å². The Morgan fingerprint density at radius 3 is 2.95 bits per heavy atom. The first-order valence-electron chi connectivity index (χ1n) is 6.83. The van der Waals surface area contributed by atoms with Crippen molar-refractivity contribution in [3.63, 3.8) is 0 Å². The van der Waals surface area contributed by atoms with Crippen LogP contribution in [0.4, 0.5) is 10.1 Å². The van der Waals surface area contributed by atoms with E-state index in [1.165, 1.54) is 18.6 Å². The van der Waals surface area contributed by atoms with Crippen molar-refractivity contribution in [2.24, 2.45) is 11.3 Å². The molecule has 4 heteroatoms. The highest BCUT2D eigenvalue weighted by molar-refractivity contribution is 9.10. The quantitative estimate of drug-likeness (QED) is 0.878. The lowest BCUT2D eigenvalue weighted by molar-refractivity contribution is -0.177. The maximum absolute atomic E-state index is 13.1. The van der Waals surface area contributed by atoms with Crippen molar-refractivity contribution in [3.05, 3.63) is 28.5 Å². The van der Waals surface area contributed by atoms with Gasteiger partial charge in [0.25, 0.3) is 0 Å². The summed E-state index contributed by atoms with van der Waals surface area (Å²) in [6.07, 6.45) is 2.71. The molecule has 1 aromatic rings. The van der Waals surface area contributed by atoms with Crippen LogP contribution in [0.1, 0.15) is 26.7 Å². The molecule has 104 valence electrons. The number of hydrogen-bond donors (Lipinski definition) is 1. The summed E-state index contributed by atoms with van der Waals surface area (Å²) in [4.78, 5) is 0. The predicted octanol–water partition coefficient (Wildman–Crippen LogP) is 4.20. The lowest BCUT2D eigenvalue weighted by atomic mass is 9.55. The molecule has 3 unspecified atom stereocenters. The summed E-state index contributed by atoms with van der Waals surface area (Å²) in [5.41, 5.74) is 1.09. The minimum Gasteiger partial charge on any atom is -0.380 e. The molecule has 1 N–H and O–H groups in total. The minimum atomic E-state index is -0.218. The van der Waals surface area contributed by atoms with Gasteiger partial charge in [0.15, 0.2) is 0 Å². The second-order valence-corrected chi connectivity index (χ2v) is 7.02. The molecule has 2 nitrogen and oxygen atoms in total. The molecule has 2 aliphatic rings. The van der Waals surface area contributed by atoms with Crippen molar-refractivity contribution in [3.8, 4) is 0 Å². The van der Waals surface area contributed by atoms with E-state index in [0.717, 1.165) is 23.2 Å². The number of anilines is 1. The Morgan fingerprint density at radius 2 is 2.21 bits per heavy atom. The average Bonchev–Trinajstić information content (AvgIpc) is 2.37. The smallest absolute Gasteiger partial charge is 0.124 e. The number of nitrogens with one attached hydrogen (secondary N) is 1. The summed E-state index contributed by atoms with van der Waals surface area (Å²) >= 11 is 3.42. The number of hydrogen-bond acceptors (Lipinski definition) is 2. The summed E-state index contributed by atoms with van der Waals surface area (Å²) in [5, 5.41) is 3.57. The van der Waals surface area contributed by atoms with E-state index in [1.54, 1.807) is 6.07 Å². The fourth-order valence-corrected chi connectivity index (χ4v) is 4.05. The Hall–Kier alpha value is -0.610. The molecular formula is C15H19BrFNO. The Balaban J connectivity index is 1.79. The van der Waals surface area contributed by atoms with Crippen LogP contribution >= 0.6 is 15.9 Å². The summed E-state index contributed by atoms with van der Waals surface area (Å²) in [6, 6.07) is 5.18. The molecule has 0 aromatic heterocycles. The third-order valence-electron chi connectivity index (χ3n) is 4.57. The third kappa shape index (κ3) is 2.19. The summed E-state index contributed by atoms with van der Waals surface area (Å²) in [7, 11) is 0. The van der Waals surface area contributed by atoms with Crippen LogP contribution < -0.4 is 5.32 Å². The number of benzene rings is 1. The van der Waals surface area contributed by atoms with Crippen molar-refractivity contribution in [1.82, 2.24) is 0 Å². The van der Waals surface area contributed by atoms with E-state index >= 15 is 0 Å². The van der Waals surface area contributed by atoms with Gasteiger partial charge >= 0.3 is 0 Å². The highest BCUT2D eigenvalue weighted by atomic mass is 79.9. The normalized spacial score (nSPS) is 32.3. The zero-order valence-corrected chi connectivity index (χ0v) is 12.8. The van der Waals surface area contributed by atoms with Crippen LogP contribution in [-0.4, -0.2) is 18.8 Å². The van der Waals surface area contributed by atoms with Crippen LogP contribution in [0.15, 0.2) is 22.7 Å². The van der Waals surface area contributed by atoms with Crippen molar-refractivity contribution >= 4 is 21.6 Å². The lowest BCUT2D eigenvalue weighted by Gasteiger charge is -2.60. The Labute approximate surface area is 121 Å². The van der Waals surface area contributed by atoms with Crippen LogP contribution in [0.25, 0.3) is 0 Å². The standard InChI is InChI=1S/C15H19BrFNO/c1-15(2)13(10-4-3-7-19-14(10)15)18-12-6-5-9(17)8-11(12)16/h5-6,8,10,13-14,18H,3-4,7H2,1-2H3. The molecule has 3 rings (SSSR count). The summed E-state index contributed by atoms with van der Waals surface area (Å²) in [6.45, 7) is 5.38. The molecule has 1 saturated heterocycles. The molecule has 1 aromatic carbocycles. The van der Waals surface area contributed by atoms with Gasteiger partial charge in [0.2, 0.25) is 0 Å². The van der Waals surface area contributed by atoms with E-state index in [1.807, 2.05) is 0 Å². The number of rotatable bonds is 2. The first-order chi connectivity index (χ1) is 9.00. The maximum Gasteiger partial charge on any atom is 0.124 e. The van der Waals surface area contributed by atoms with Gasteiger partial charge in [-0.2, -0.15) is 0 Å². The molecule has 0 amide bonds. The number of ether oxygens (including phenoxy) is 1. The van der Waals surface area contributed by atoms with Crippen molar-refractivity contribution in [1.29, 1.82) is 0 Å². The predicted molar refractivity (Wildman–Crippen MR) is 77.8 cm³/mol. The lowest BCUT2D eigenvalue weighted by Crippen LogP contribution is -2.67. The minimum absolute atomic E-state index is 0.124. The number of fused-ring (bicyclic) bond motifs is 1. The molecule has 0 spiro atoms. The van der Waals surface area contributed by atoms with Gasteiger partial charge in [-0.05, 0) is 47.0 Å². The van der Waals surface area contributed by atoms with E-state index in [4.69, 9.17) is 4.74 Å². The Bertz CT molecular complexity index is 491. The molecule has 1 saturated carbocycles. The highest BCUT2D eigenvalue weighted by Gasteiger charge is 2.57. The van der Waals surface area contributed by atoms with Gasteiger partial charge < -0.3 is 10.1 Å². The van der Waals surface area contributed by atoms with Crippen LogP contribution in [0, 0.1) is 17.2 Å². The van der Waals surface area contributed by atoms with Crippen LogP contribution in [0.3, 0.4) is 0 Å². The SMILES string of the molecule is CC1(C)C(Nc2ccc(F)cc2Br)C2CCCOC21. The Morgan fingerprint density at radius 1 is 1.42 bits per heavy atom. The van der Waals surface area contributed by atoms with Gasteiger partial charge in [0, 0.05) is 34.1 Å². The Kier molecular flexibility index (Phi) is 3.34. The van der Waals surface area contributed by atoms with Crippen molar-refractivity contribution < 1.29 is 9.13 Å². The summed E-state index contributed by atoms with van der Waals surface area (Å²) in [5.74, 6) is 0.352. The first-order valence-corrected chi connectivity index (χ1v) is 7.62. The van der Waals surface area contributed by atoms with Crippen LogP contribution in [0.2, 0.25) is 0 Å². The summed E-state index contributed by atoms with van der Waals surface area (Å²) < 4.78 is 19.8. The second-order valence-electron chi connectivity index (χ2n) is 6.17. The average molecular weight is 328 g/mol. The van der Waals surface area contributed by atoms with E-state index in [2.05, 4.69) is 35.1 Å². The molecule has 3 atom stereocenters. The highest BCUT2D eigenvalue weighted by Crippen LogP contribution is 2.52. The topological polar surface area (TPSA) is 21.3 Å². The maximum atomic E-state index is 13.1. The van der Waals surface area contributed by atoms with Gasteiger partial charge in [-0.1, -0.05) is 13.8 Å². The fraction of sp³-hybridized carbons (Fsp3) is 0.600. The van der Waals surface area contributed by atoms with Gasteiger partial charge in [-0.25, -0.2) is 4.39 Å².